The van der Waals surface area contributed by atoms with E-state index < -0.39 is 9.84 Å². The molecular formula is C11H11ClN4O2S. The lowest BCUT2D eigenvalue weighted by molar-refractivity contribution is 0.602. The number of halogens is 1. The van der Waals surface area contributed by atoms with Gasteiger partial charge in [0, 0.05) is 11.9 Å². The molecule has 6 nitrogen and oxygen atoms in total. The number of nitrogens with zero attached hydrogens (tertiary/aromatic N) is 2. The predicted molar refractivity (Wildman–Crippen MR) is 74.3 cm³/mol. The minimum atomic E-state index is -3.21. The first-order valence-electron chi connectivity index (χ1n) is 5.21. The third-order valence-corrected chi connectivity index (χ3v) is 3.71. The van der Waals surface area contributed by atoms with E-state index in [1.165, 1.54) is 18.3 Å². The minimum Gasteiger partial charge on any atom is -0.368 e. The average molecular weight is 299 g/mol. The van der Waals surface area contributed by atoms with Gasteiger partial charge >= 0.3 is 0 Å². The molecule has 0 amide bonds. The van der Waals surface area contributed by atoms with Crippen LogP contribution in [0, 0.1) is 0 Å². The lowest BCUT2D eigenvalue weighted by atomic mass is 10.3. The molecule has 8 heteroatoms. The first kappa shape index (κ1) is 13.6. The molecule has 1 aromatic carbocycles. The zero-order chi connectivity index (χ0) is 14.0. The van der Waals surface area contributed by atoms with Crippen LogP contribution in [-0.4, -0.2) is 24.6 Å². The Bertz CT molecular complexity index is 701. The minimum absolute atomic E-state index is 0.0969. The summed E-state index contributed by atoms with van der Waals surface area (Å²) >= 11 is 5.91. The van der Waals surface area contributed by atoms with Crippen molar-refractivity contribution in [3.63, 3.8) is 0 Å². The number of nitrogen functional groups attached to an aromatic ring is 1. The molecule has 0 atom stereocenters. The van der Waals surface area contributed by atoms with Crippen molar-refractivity contribution >= 4 is 38.9 Å². The van der Waals surface area contributed by atoms with Crippen molar-refractivity contribution in [2.24, 2.45) is 0 Å². The van der Waals surface area contributed by atoms with Gasteiger partial charge in [-0.3, -0.25) is 0 Å². The van der Waals surface area contributed by atoms with Gasteiger partial charge in [0.25, 0.3) is 0 Å². The second kappa shape index (κ2) is 5.02. The van der Waals surface area contributed by atoms with Gasteiger partial charge in [0.05, 0.1) is 11.1 Å². The summed E-state index contributed by atoms with van der Waals surface area (Å²) < 4.78 is 22.6. The molecule has 1 aromatic heterocycles. The van der Waals surface area contributed by atoms with Crippen molar-refractivity contribution in [2.75, 3.05) is 17.3 Å². The maximum Gasteiger partial charge on any atom is 0.222 e. The molecule has 0 aliphatic heterocycles. The third-order valence-electron chi connectivity index (χ3n) is 2.31. The molecule has 3 N–H and O–H groups in total. The molecule has 2 rings (SSSR count). The van der Waals surface area contributed by atoms with E-state index in [-0.39, 0.29) is 10.8 Å². The lowest BCUT2D eigenvalue weighted by Crippen LogP contribution is -2.01. The second-order valence-electron chi connectivity index (χ2n) is 3.85. The Morgan fingerprint density at radius 3 is 2.47 bits per heavy atom. The zero-order valence-electron chi connectivity index (χ0n) is 9.96. The van der Waals surface area contributed by atoms with Gasteiger partial charge in [-0.15, -0.1) is 0 Å². The van der Waals surface area contributed by atoms with Crippen LogP contribution >= 0.6 is 11.6 Å². The number of benzene rings is 1. The highest BCUT2D eigenvalue weighted by molar-refractivity contribution is 7.90. The normalized spacial score (nSPS) is 11.3. The lowest BCUT2D eigenvalue weighted by Gasteiger charge is -2.08. The number of nitrogens with one attached hydrogen (secondary N) is 1. The molecule has 0 aliphatic carbocycles. The largest absolute Gasteiger partial charge is 0.368 e. The number of anilines is 3. The van der Waals surface area contributed by atoms with Crippen molar-refractivity contribution in [2.45, 2.75) is 4.90 Å². The second-order valence-corrected chi connectivity index (χ2v) is 6.27. The molecule has 100 valence electrons. The average Bonchev–Trinajstić information content (AvgIpc) is 2.33. The van der Waals surface area contributed by atoms with E-state index in [4.69, 9.17) is 17.3 Å². The molecule has 2 aromatic rings. The van der Waals surface area contributed by atoms with Crippen LogP contribution in [-0.2, 0) is 9.84 Å². The van der Waals surface area contributed by atoms with Gasteiger partial charge < -0.3 is 11.1 Å². The third kappa shape index (κ3) is 3.33. The maximum absolute atomic E-state index is 11.3. The Balaban J connectivity index is 2.27. The quantitative estimate of drug-likeness (QED) is 0.897. The smallest absolute Gasteiger partial charge is 0.222 e. The monoisotopic (exact) mass is 298 g/mol. The fourth-order valence-electron chi connectivity index (χ4n) is 1.39. The predicted octanol–water partition coefficient (Wildman–Crippen LogP) is 1.86. The molecule has 0 fully saturated rings. The topological polar surface area (TPSA) is 98.0 Å². The number of aromatic nitrogens is 2. The summed E-state index contributed by atoms with van der Waals surface area (Å²) in [6.45, 7) is 0. The van der Waals surface area contributed by atoms with E-state index in [1.54, 1.807) is 12.1 Å². The highest BCUT2D eigenvalue weighted by atomic mass is 35.5. The van der Waals surface area contributed by atoms with Crippen LogP contribution < -0.4 is 11.1 Å². The molecule has 1 heterocycles. The molecular weight excluding hydrogens is 288 g/mol. The Morgan fingerprint density at radius 1 is 1.26 bits per heavy atom. The molecule has 19 heavy (non-hydrogen) atoms. The summed E-state index contributed by atoms with van der Waals surface area (Å²) in [6.07, 6.45) is 2.54. The number of nitrogens with two attached hydrogens (primary N) is 1. The van der Waals surface area contributed by atoms with Crippen LogP contribution in [0.4, 0.5) is 17.5 Å². The molecule has 0 spiro atoms. The summed E-state index contributed by atoms with van der Waals surface area (Å²) in [7, 11) is -3.21. The highest BCUT2D eigenvalue weighted by Crippen LogP contribution is 2.23. The fraction of sp³-hybridized carbons (Fsp3) is 0.0909. The van der Waals surface area contributed by atoms with Crippen LogP contribution in [0.5, 0.6) is 0 Å². The number of rotatable bonds is 3. The first-order chi connectivity index (χ1) is 8.86. The van der Waals surface area contributed by atoms with Crippen LogP contribution in [0.1, 0.15) is 0 Å². The fourth-order valence-corrected chi connectivity index (χ4v) is 2.16. The summed E-state index contributed by atoms with van der Waals surface area (Å²) in [5.41, 5.74) is 6.11. The van der Waals surface area contributed by atoms with E-state index in [0.29, 0.717) is 16.5 Å². The van der Waals surface area contributed by atoms with Crippen LogP contribution in [0.2, 0.25) is 5.02 Å². The zero-order valence-corrected chi connectivity index (χ0v) is 11.5. The first-order valence-corrected chi connectivity index (χ1v) is 7.48. The van der Waals surface area contributed by atoms with E-state index in [9.17, 15) is 8.42 Å². The van der Waals surface area contributed by atoms with Crippen LogP contribution in [0.3, 0.4) is 0 Å². The van der Waals surface area contributed by atoms with Crippen LogP contribution in [0.15, 0.2) is 35.4 Å². The summed E-state index contributed by atoms with van der Waals surface area (Å²) in [4.78, 5) is 7.93. The summed E-state index contributed by atoms with van der Waals surface area (Å²) in [5.74, 6) is 0.459. The Kier molecular flexibility index (Phi) is 3.59. The van der Waals surface area contributed by atoms with Gasteiger partial charge in [0.2, 0.25) is 5.95 Å². The van der Waals surface area contributed by atoms with Crippen LogP contribution in [0.25, 0.3) is 0 Å². The van der Waals surface area contributed by atoms with Gasteiger partial charge in [0.15, 0.2) is 15.7 Å². The van der Waals surface area contributed by atoms with Gasteiger partial charge in [-0.2, -0.15) is 4.98 Å². The maximum atomic E-state index is 11.3. The van der Waals surface area contributed by atoms with Crippen molar-refractivity contribution in [3.05, 3.63) is 35.5 Å². The van der Waals surface area contributed by atoms with E-state index in [1.807, 2.05) is 0 Å². The van der Waals surface area contributed by atoms with Crippen molar-refractivity contribution in [1.29, 1.82) is 0 Å². The van der Waals surface area contributed by atoms with Crippen molar-refractivity contribution in [3.8, 4) is 0 Å². The Labute approximate surface area is 115 Å². The number of hydrogen-bond donors (Lipinski definition) is 2. The van der Waals surface area contributed by atoms with Gasteiger partial charge in [-0.25, -0.2) is 13.4 Å². The number of sulfone groups is 1. The highest BCUT2D eigenvalue weighted by Gasteiger charge is 2.08. The van der Waals surface area contributed by atoms with Crippen molar-refractivity contribution < 1.29 is 8.42 Å². The van der Waals surface area contributed by atoms with Gasteiger partial charge in [0.1, 0.15) is 5.02 Å². The SMILES string of the molecule is CS(=O)(=O)c1ccc(Nc2nc(N)ncc2Cl)cc1. The number of hydrogen-bond acceptors (Lipinski definition) is 6. The Morgan fingerprint density at radius 2 is 1.89 bits per heavy atom. The summed E-state index contributed by atoms with van der Waals surface area (Å²) in [6, 6.07) is 6.22. The van der Waals surface area contributed by atoms with E-state index >= 15 is 0 Å². The Hall–Kier alpha value is -1.86. The molecule has 0 bridgehead atoms. The van der Waals surface area contributed by atoms with E-state index in [2.05, 4.69) is 15.3 Å². The van der Waals surface area contributed by atoms with Gasteiger partial charge in [-0.05, 0) is 24.3 Å². The molecule has 0 aliphatic rings. The van der Waals surface area contributed by atoms with Gasteiger partial charge in [-0.1, -0.05) is 11.6 Å². The van der Waals surface area contributed by atoms with Crippen molar-refractivity contribution in [1.82, 2.24) is 9.97 Å². The standard InChI is InChI=1S/C11H11ClN4O2S/c1-19(17,18)8-4-2-7(3-5-8)15-10-9(12)6-14-11(13)16-10/h2-6H,1H3,(H3,13,14,15,16). The molecule has 0 saturated heterocycles. The molecule has 0 saturated carbocycles. The molecule has 0 radical (unpaired) electrons. The summed E-state index contributed by atoms with van der Waals surface area (Å²) in [5, 5.41) is 3.25. The molecule has 0 unspecified atom stereocenters. The van der Waals surface area contributed by atoms with E-state index in [0.717, 1.165) is 6.26 Å².